The quantitative estimate of drug-likeness (QED) is 0.770. The van der Waals surface area contributed by atoms with Crippen molar-refractivity contribution in [1.29, 1.82) is 0 Å². The maximum absolute atomic E-state index is 12.0. The predicted octanol–water partition coefficient (Wildman–Crippen LogP) is 2.16. The molecular weight excluding hydrogens is 264 g/mol. The van der Waals surface area contributed by atoms with Gasteiger partial charge >= 0.3 is 5.97 Å². The summed E-state index contributed by atoms with van der Waals surface area (Å²) in [5.74, 6) is 0.688. The molecule has 0 spiro atoms. The molecule has 0 heterocycles. The van der Waals surface area contributed by atoms with E-state index in [1.165, 1.54) is 6.42 Å². The number of aliphatic carboxylic acids is 1. The molecule has 1 aromatic carbocycles. The first kappa shape index (κ1) is 16.0. The van der Waals surface area contributed by atoms with Crippen molar-refractivity contribution in [2.75, 3.05) is 26.7 Å². The Labute approximate surface area is 127 Å². The highest BCUT2D eigenvalue weighted by Gasteiger charge is 2.42. The van der Waals surface area contributed by atoms with Crippen LogP contribution in [0.5, 0.6) is 0 Å². The fraction of sp³-hybridized carbons (Fsp3) is 0.588. The van der Waals surface area contributed by atoms with E-state index in [9.17, 15) is 9.90 Å². The van der Waals surface area contributed by atoms with E-state index < -0.39 is 11.5 Å². The topological polar surface area (TPSA) is 52.6 Å². The normalized spacial score (nSPS) is 23.8. The van der Waals surface area contributed by atoms with Crippen LogP contribution in [-0.2, 0) is 10.3 Å². The van der Waals surface area contributed by atoms with Crippen molar-refractivity contribution in [2.24, 2.45) is 11.8 Å². The number of hydrogen-bond donors (Lipinski definition) is 2. The van der Waals surface area contributed by atoms with Crippen molar-refractivity contribution in [2.45, 2.75) is 25.8 Å². The first-order valence-corrected chi connectivity index (χ1v) is 7.72. The number of nitrogens with one attached hydrogen (secondary N) is 1. The molecule has 2 rings (SSSR count). The van der Waals surface area contributed by atoms with Gasteiger partial charge in [0.25, 0.3) is 0 Å². The highest BCUT2D eigenvalue weighted by Crippen LogP contribution is 2.38. The number of rotatable bonds is 8. The summed E-state index contributed by atoms with van der Waals surface area (Å²) in [5, 5.41) is 13.1. The summed E-state index contributed by atoms with van der Waals surface area (Å²) in [7, 11) is 2.02. The third kappa shape index (κ3) is 3.63. The summed E-state index contributed by atoms with van der Waals surface area (Å²) >= 11 is 0. The Kier molecular flexibility index (Phi) is 5.01. The van der Waals surface area contributed by atoms with Crippen LogP contribution in [-0.4, -0.2) is 42.7 Å². The van der Waals surface area contributed by atoms with Crippen LogP contribution in [0.25, 0.3) is 0 Å². The summed E-state index contributed by atoms with van der Waals surface area (Å²) in [4.78, 5) is 14.2. The zero-order valence-corrected chi connectivity index (χ0v) is 13.2. The minimum atomic E-state index is -1.04. The van der Waals surface area contributed by atoms with Gasteiger partial charge in [-0.25, -0.2) is 4.79 Å². The molecule has 116 valence electrons. The smallest absolute Gasteiger partial charge is 0.329 e. The minimum Gasteiger partial charge on any atom is -0.480 e. The largest absolute Gasteiger partial charge is 0.480 e. The van der Waals surface area contributed by atoms with E-state index in [-0.39, 0.29) is 0 Å². The molecule has 0 aliphatic heterocycles. The van der Waals surface area contributed by atoms with Crippen LogP contribution in [0.15, 0.2) is 30.3 Å². The molecule has 2 N–H and O–H groups in total. The number of likely N-dealkylation sites (N-methyl/N-ethyl adjacent to an activating group) is 2. The van der Waals surface area contributed by atoms with E-state index >= 15 is 0 Å². The maximum atomic E-state index is 12.0. The Morgan fingerprint density at radius 2 is 2.05 bits per heavy atom. The van der Waals surface area contributed by atoms with Gasteiger partial charge in [0.1, 0.15) is 0 Å². The van der Waals surface area contributed by atoms with Gasteiger partial charge in [-0.15, -0.1) is 0 Å². The second-order valence-electron chi connectivity index (χ2n) is 6.28. The van der Waals surface area contributed by atoms with E-state index in [0.717, 1.165) is 23.9 Å². The van der Waals surface area contributed by atoms with Crippen LogP contribution >= 0.6 is 0 Å². The van der Waals surface area contributed by atoms with Crippen molar-refractivity contribution in [1.82, 2.24) is 10.2 Å². The zero-order valence-electron chi connectivity index (χ0n) is 13.2. The molecular formula is C17H26N2O2. The average molecular weight is 290 g/mol. The molecule has 0 amide bonds. The molecule has 4 nitrogen and oxygen atoms in total. The fourth-order valence-electron chi connectivity index (χ4n) is 3.06. The van der Waals surface area contributed by atoms with E-state index in [1.807, 2.05) is 44.3 Å². The van der Waals surface area contributed by atoms with Crippen LogP contribution in [0.3, 0.4) is 0 Å². The van der Waals surface area contributed by atoms with Gasteiger partial charge < -0.3 is 10.0 Å². The molecule has 1 aliphatic rings. The van der Waals surface area contributed by atoms with Gasteiger partial charge in [0.05, 0.1) is 0 Å². The van der Waals surface area contributed by atoms with Crippen LogP contribution in [0.2, 0.25) is 0 Å². The van der Waals surface area contributed by atoms with Crippen LogP contribution in [0, 0.1) is 11.8 Å². The number of carboxylic acids is 1. The lowest BCUT2D eigenvalue weighted by atomic mass is 9.89. The third-order valence-electron chi connectivity index (χ3n) is 4.44. The Bertz CT molecular complexity index is 477. The fourth-order valence-corrected chi connectivity index (χ4v) is 3.06. The number of hydrogen-bond acceptors (Lipinski definition) is 3. The average Bonchev–Trinajstić information content (AvgIpc) is 3.14. The van der Waals surface area contributed by atoms with Gasteiger partial charge in [0, 0.05) is 13.1 Å². The lowest BCUT2D eigenvalue weighted by Crippen LogP contribution is -2.56. The first-order valence-electron chi connectivity index (χ1n) is 7.72. The van der Waals surface area contributed by atoms with Crippen molar-refractivity contribution < 1.29 is 9.90 Å². The van der Waals surface area contributed by atoms with Crippen molar-refractivity contribution in [3.63, 3.8) is 0 Å². The Morgan fingerprint density at radius 1 is 1.43 bits per heavy atom. The predicted molar refractivity (Wildman–Crippen MR) is 84.2 cm³/mol. The van der Waals surface area contributed by atoms with Gasteiger partial charge in [0.15, 0.2) is 5.54 Å². The summed E-state index contributed by atoms with van der Waals surface area (Å²) in [6.45, 7) is 6.26. The molecule has 0 bridgehead atoms. The molecule has 1 saturated carbocycles. The number of benzene rings is 1. The third-order valence-corrected chi connectivity index (χ3v) is 4.44. The molecule has 0 aromatic heterocycles. The summed E-state index contributed by atoms with van der Waals surface area (Å²) < 4.78 is 0. The molecule has 1 aromatic rings. The SMILES string of the molecule is CCNC(CN(C)CC1CC1C)(C(=O)O)c1ccccc1. The van der Waals surface area contributed by atoms with Crippen LogP contribution in [0.1, 0.15) is 25.8 Å². The number of nitrogens with zero attached hydrogens (tertiary/aromatic N) is 1. The summed E-state index contributed by atoms with van der Waals surface area (Å²) in [6, 6.07) is 9.49. The zero-order chi connectivity index (χ0) is 15.5. The van der Waals surface area contributed by atoms with Gasteiger partial charge in [-0.3, -0.25) is 5.32 Å². The number of carbonyl (C=O) groups is 1. The Morgan fingerprint density at radius 3 is 2.52 bits per heavy atom. The van der Waals surface area contributed by atoms with E-state index in [4.69, 9.17) is 0 Å². The van der Waals surface area contributed by atoms with Gasteiger partial charge in [-0.05, 0) is 37.4 Å². The maximum Gasteiger partial charge on any atom is 0.329 e. The summed E-state index contributed by atoms with van der Waals surface area (Å²) in [5.41, 5.74) is -0.224. The molecule has 1 aliphatic carbocycles. The monoisotopic (exact) mass is 290 g/mol. The standard InChI is InChI=1S/C17H26N2O2/c1-4-18-17(16(20)21,15-8-6-5-7-9-15)12-19(3)11-14-10-13(14)2/h5-9,13-14,18H,4,10-12H2,1-3H3,(H,20,21). The molecule has 0 radical (unpaired) electrons. The molecule has 0 saturated heterocycles. The Hall–Kier alpha value is -1.39. The van der Waals surface area contributed by atoms with Crippen LogP contribution < -0.4 is 5.32 Å². The van der Waals surface area contributed by atoms with E-state index in [2.05, 4.69) is 17.1 Å². The van der Waals surface area contributed by atoms with Gasteiger partial charge in [-0.2, -0.15) is 0 Å². The van der Waals surface area contributed by atoms with E-state index in [0.29, 0.717) is 13.1 Å². The molecule has 4 heteroatoms. The second-order valence-corrected chi connectivity index (χ2v) is 6.28. The first-order chi connectivity index (χ1) is 9.99. The van der Waals surface area contributed by atoms with Crippen molar-refractivity contribution >= 4 is 5.97 Å². The van der Waals surface area contributed by atoms with Crippen molar-refractivity contribution in [3.8, 4) is 0 Å². The number of carboxylic acid groups (broad SMARTS) is 1. The molecule has 1 fully saturated rings. The van der Waals surface area contributed by atoms with Gasteiger partial charge in [0.2, 0.25) is 0 Å². The molecule has 3 unspecified atom stereocenters. The lowest BCUT2D eigenvalue weighted by Gasteiger charge is -2.34. The molecule has 21 heavy (non-hydrogen) atoms. The highest BCUT2D eigenvalue weighted by atomic mass is 16.4. The van der Waals surface area contributed by atoms with Gasteiger partial charge in [-0.1, -0.05) is 44.2 Å². The Balaban J connectivity index is 2.20. The second kappa shape index (κ2) is 6.58. The summed E-state index contributed by atoms with van der Waals surface area (Å²) in [6.07, 6.45) is 1.26. The van der Waals surface area contributed by atoms with Crippen LogP contribution in [0.4, 0.5) is 0 Å². The lowest BCUT2D eigenvalue weighted by molar-refractivity contribution is -0.146. The van der Waals surface area contributed by atoms with Crippen molar-refractivity contribution in [3.05, 3.63) is 35.9 Å². The van der Waals surface area contributed by atoms with E-state index in [1.54, 1.807) is 0 Å². The highest BCUT2D eigenvalue weighted by molar-refractivity contribution is 5.81. The minimum absolute atomic E-state index is 0.476. The molecule has 3 atom stereocenters.